The number of nitrogens with one attached hydrogen (secondary N) is 2. The highest BCUT2D eigenvalue weighted by atomic mass is 16.6. The number of amides is 2. The maximum absolute atomic E-state index is 11.3. The zero-order valence-electron chi connectivity index (χ0n) is 11.6. The van der Waals surface area contributed by atoms with Gasteiger partial charge in [0.2, 0.25) is 5.91 Å². The molecule has 0 fully saturated rings. The molecule has 0 saturated heterocycles. The van der Waals surface area contributed by atoms with Crippen LogP contribution in [0.1, 0.15) is 40.0 Å². The SMILES string of the molecule is CC(C)(C)OC(=O)NCCC(=O)NCCCC(=O)O. The van der Waals surface area contributed by atoms with E-state index in [2.05, 4.69) is 10.6 Å². The molecule has 19 heavy (non-hydrogen) atoms. The summed E-state index contributed by atoms with van der Waals surface area (Å²) in [6, 6.07) is 0. The summed E-state index contributed by atoms with van der Waals surface area (Å²) in [5.41, 5.74) is -0.566. The van der Waals surface area contributed by atoms with E-state index in [0.29, 0.717) is 13.0 Å². The zero-order chi connectivity index (χ0) is 14.9. The molecular weight excluding hydrogens is 252 g/mol. The van der Waals surface area contributed by atoms with E-state index < -0.39 is 17.7 Å². The van der Waals surface area contributed by atoms with E-state index in [-0.39, 0.29) is 25.3 Å². The summed E-state index contributed by atoms with van der Waals surface area (Å²) in [6.45, 7) is 5.75. The molecule has 7 nitrogen and oxygen atoms in total. The monoisotopic (exact) mass is 274 g/mol. The first kappa shape index (κ1) is 17.2. The summed E-state index contributed by atoms with van der Waals surface area (Å²) in [5, 5.41) is 13.4. The summed E-state index contributed by atoms with van der Waals surface area (Å²) in [4.78, 5) is 32.8. The zero-order valence-corrected chi connectivity index (χ0v) is 11.6. The lowest BCUT2D eigenvalue weighted by atomic mass is 10.2. The van der Waals surface area contributed by atoms with Gasteiger partial charge in [0.25, 0.3) is 0 Å². The van der Waals surface area contributed by atoms with Crippen LogP contribution in [0.4, 0.5) is 4.79 Å². The van der Waals surface area contributed by atoms with Crippen LogP contribution < -0.4 is 10.6 Å². The van der Waals surface area contributed by atoms with E-state index in [1.54, 1.807) is 20.8 Å². The van der Waals surface area contributed by atoms with E-state index in [1.165, 1.54) is 0 Å². The van der Waals surface area contributed by atoms with Gasteiger partial charge in [-0.15, -0.1) is 0 Å². The van der Waals surface area contributed by atoms with E-state index in [9.17, 15) is 14.4 Å². The second-order valence-electron chi connectivity index (χ2n) is 5.03. The van der Waals surface area contributed by atoms with Crippen molar-refractivity contribution in [3.8, 4) is 0 Å². The molecule has 0 aromatic rings. The lowest BCUT2D eigenvalue weighted by molar-refractivity contribution is -0.137. The van der Waals surface area contributed by atoms with Crippen LogP contribution in [0.15, 0.2) is 0 Å². The van der Waals surface area contributed by atoms with Gasteiger partial charge in [-0.25, -0.2) is 4.79 Å². The average Bonchev–Trinajstić information content (AvgIpc) is 2.21. The van der Waals surface area contributed by atoms with Crippen molar-refractivity contribution in [3.63, 3.8) is 0 Å². The lowest BCUT2D eigenvalue weighted by Crippen LogP contribution is -2.35. The molecule has 110 valence electrons. The van der Waals surface area contributed by atoms with Crippen molar-refractivity contribution < 1.29 is 24.2 Å². The molecule has 0 aliphatic heterocycles. The highest BCUT2D eigenvalue weighted by Gasteiger charge is 2.15. The number of hydrogen-bond donors (Lipinski definition) is 3. The van der Waals surface area contributed by atoms with E-state index in [1.807, 2.05) is 0 Å². The van der Waals surface area contributed by atoms with Crippen molar-refractivity contribution in [3.05, 3.63) is 0 Å². The van der Waals surface area contributed by atoms with Crippen LogP contribution >= 0.6 is 0 Å². The molecule has 0 aromatic heterocycles. The van der Waals surface area contributed by atoms with Gasteiger partial charge in [-0.2, -0.15) is 0 Å². The lowest BCUT2D eigenvalue weighted by Gasteiger charge is -2.19. The molecule has 0 spiro atoms. The first-order valence-corrected chi connectivity index (χ1v) is 6.16. The summed E-state index contributed by atoms with van der Waals surface area (Å²) in [7, 11) is 0. The van der Waals surface area contributed by atoms with Crippen LogP contribution in [0, 0.1) is 0 Å². The maximum Gasteiger partial charge on any atom is 0.407 e. The first-order valence-electron chi connectivity index (χ1n) is 6.16. The van der Waals surface area contributed by atoms with Crippen molar-refractivity contribution in [1.29, 1.82) is 0 Å². The molecule has 0 rings (SSSR count). The number of carbonyl (C=O) groups is 3. The van der Waals surface area contributed by atoms with Gasteiger partial charge in [0.15, 0.2) is 0 Å². The first-order chi connectivity index (χ1) is 8.70. The van der Waals surface area contributed by atoms with Gasteiger partial charge in [0.05, 0.1) is 0 Å². The van der Waals surface area contributed by atoms with Crippen molar-refractivity contribution in [2.75, 3.05) is 13.1 Å². The molecule has 0 aliphatic rings. The maximum atomic E-state index is 11.3. The molecule has 0 aromatic carbocycles. The molecule has 7 heteroatoms. The number of ether oxygens (including phenoxy) is 1. The van der Waals surface area contributed by atoms with E-state index in [0.717, 1.165) is 0 Å². The van der Waals surface area contributed by atoms with Crippen LogP contribution in [0.25, 0.3) is 0 Å². The second-order valence-corrected chi connectivity index (χ2v) is 5.03. The quantitative estimate of drug-likeness (QED) is 0.598. The van der Waals surface area contributed by atoms with Crippen LogP contribution in [-0.4, -0.2) is 41.8 Å². The molecular formula is C12H22N2O5. The van der Waals surface area contributed by atoms with E-state index >= 15 is 0 Å². The minimum absolute atomic E-state index is 0.0242. The Morgan fingerprint density at radius 3 is 2.21 bits per heavy atom. The molecule has 3 N–H and O–H groups in total. The minimum Gasteiger partial charge on any atom is -0.481 e. The molecule has 0 heterocycles. The fourth-order valence-electron chi connectivity index (χ4n) is 1.15. The molecule has 0 unspecified atom stereocenters. The standard InChI is InChI=1S/C12H22N2O5/c1-12(2,3)19-11(18)14-8-6-9(15)13-7-4-5-10(16)17/h4-8H2,1-3H3,(H,13,15)(H,14,18)(H,16,17). The number of rotatable bonds is 7. The topological polar surface area (TPSA) is 105 Å². The highest BCUT2D eigenvalue weighted by molar-refractivity contribution is 5.77. The Labute approximate surface area is 112 Å². The Morgan fingerprint density at radius 2 is 1.68 bits per heavy atom. The summed E-state index contributed by atoms with van der Waals surface area (Å²) in [6.07, 6.45) is -0.0188. The molecule has 0 aliphatic carbocycles. The number of carbonyl (C=O) groups excluding carboxylic acids is 2. The van der Waals surface area contributed by atoms with Gasteiger partial charge in [0.1, 0.15) is 5.60 Å². The minimum atomic E-state index is -0.888. The summed E-state index contributed by atoms with van der Waals surface area (Å²) >= 11 is 0. The number of aliphatic carboxylic acids is 1. The number of carboxylic acids is 1. The Hall–Kier alpha value is -1.79. The fraction of sp³-hybridized carbons (Fsp3) is 0.750. The van der Waals surface area contributed by atoms with Crippen molar-refractivity contribution in [1.82, 2.24) is 10.6 Å². The van der Waals surface area contributed by atoms with Gasteiger partial charge in [-0.1, -0.05) is 0 Å². The van der Waals surface area contributed by atoms with Crippen molar-refractivity contribution >= 4 is 18.0 Å². The number of hydrogen-bond acceptors (Lipinski definition) is 4. The molecule has 2 amide bonds. The third-order valence-corrected chi connectivity index (χ3v) is 1.91. The molecule has 0 bridgehead atoms. The molecule has 0 radical (unpaired) electrons. The van der Waals surface area contributed by atoms with Crippen LogP contribution in [0.2, 0.25) is 0 Å². The molecule has 0 saturated carbocycles. The van der Waals surface area contributed by atoms with Crippen molar-refractivity contribution in [2.45, 2.75) is 45.6 Å². The fourth-order valence-corrected chi connectivity index (χ4v) is 1.15. The predicted molar refractivity (Wildman–Crippen MR) is 68.7 cm³/mol. The van der Waals surface area contributed by atoms with Crippen LogP contribution in [-0.2, 0) is 14.3 Å². The van der Waals surface area contributed by atoms with Gasteiger partial charge in [-0.05, 0) is 27.2 Å². The number of alkyl carbamates (subject to hydrolysis) is 1. The van der Waals surface area contributed by atoms with Crippen molar-refractivity contribution in [2.24, 2.45) is 0 Å². The Balaban J connectivity index is 3.58. The third-order valence-electron chi connectivity index (χ3n) is 1.91. The van der Waals surface area contributed by atoms with Crippen LogP contribution in [0.5, 0.6) is 0 Å². The van der Waals surface area contributed by atoms with Gasteiger partial charge < -0.3 is 20.5 Å². The van der Waals surface area contributed by atoms with Crippen LogP contribution in [0.3, 0.4) is 0 Å². The number of carboxylic acid groups (broad SMARTS) is 1. The van der Waals surface area contributed by atoms with Gasteiger partial charge in [-0.3, -0.25) is 9.59 Å². The third kappa shape index (κ3) is 12.5. The molecule has 0 atom stereocenters. The predicted octanol–water partition coefficient (Wildman–Crippen LogP) is 0.882. The van der Waals surface area contributed by atoms with Gasteiger partial charge >= 0.3 is 12.1 Å². The summed E-state index contributed by atoms with van der Waals surface area (Å²) < 4.78 is 5.00. The largest absolute Gasteiger partial charge is 0.481 e. The average molecular weight is 274 g/mol. The Morgan fingerprint density at radius 1 is 1.05 bits per heavy atom. The summed E-state index contributed by atoms with van der Waals surface area (Å²) in [5.74, 6) is -1.12. The Kier molecular flexibility index (Phi) is 7.55. The Bertz CT molecular complexity index is 323. The second kappa shape index (κ2) is 8.34. The van der Waals surface area contributed by atoms with E-state index in [4.69, 9.17) is 9.84 Å². The smallest absolute Gasteiger partial charge is 0.407 e. The normalized spacial score (nSPS) is 10.7. The highest BCUT2D eigenvalue weighted by Crippen LogP contribution is 2.06. The van der Waals surface area contributed by atoms with Gasteiger partial charge in [0, 0.05) is 25.9 Å².